The van der Waals surface area contributed by atoms with Gasteiger partial charge in [0.25, 0.3) is 5.92 Å². The van der Waals surface area contributed by atoms with E-state index in [1.165, 1.54) is 0 Å². The minimum absolute atomic E-state index is 0.00512. The van der Waals surface area contributed by atoms with E-state index in [0.717, 1.165) is 0 Å². The Balaban J connectivity index is 4.23. The summed E-state index contributed by atoms with van der Waals surface area (Å²) in [6.45, 7) is 0.00512. The molecule has 0 aliphatic carbocycles. The van der Waals surface area contributed by atoms with Crippen molar-refractivity contribution in [2.75, 3.05) is 0 Å². The molecule has 0 bridgehead atoms. The van der Waals surface area contributed by atoms with Gasteiger partial charge in [-0.25, -0.2) is 8.78 Å². The molecule has 0 aromatic rings. The molecule has 0 aromatic heterocycles. The Morgan fingerprint density at radius 3 is 1.40 bits per heavy atom. The number of aliphatic hydroxyl groups is 1. The summed E-state index contributed by atoms with van der Waals surface area (Å²) in [5.41, 5.74) is 0. The number of halogens is 5. The molecule has 0 heterocycles. The quantitative estimate of drug-likeness (QED) is 0.583. The van der Waals surface area contributed by atoms with Crippen molar-refractivity contribution in [1.82, 2.24) is 0 Å². The second-order valence-corrected chi connectivity index (χ2v) is 1.90. The fourth-order valence-corrected chi connectivity index (χ4v) is 0.287. The van der Waals surface area contributed by atoms with Gasteiger partial charge in [0.1, 0.15) is 0 Å². The van der Waals surface area contributed by atoms with Crippen molar-refractivity contribution < 1.29 is 27.1 Å². The van der Waals surface area contributed by atoms with Crippen molar-refractivity contribution in [3.8, 4) is 0 Å². The summed E-state index contributed by atoms with van der Waals surface area (Å²) in [5, 5.41) is 7.85. The average molecular weight is 164 g/mol. The van der Waals surface area contributed by atoms with E-state index in [-0.39, 0.29) is 6.92 Å². The van der Waals surface area contributed by atoms with Gasteiger partial charge in [-0.1, -0.05) is 0 Å². The van der Waals surface area contributed by atoms with Gasteiger partial charge in [0, 0.05) is 6.92 Å². The van der Waals surface area contributed by atoms with Crippen molar-refractivity contribution >= 4 is 0 Å². The maximum absolute atomic E-state index is 11.6. The first-order valence-corrected chi connectivity index (χ1v) is 2.28. The summed E-state index contributed by atoms with van der Waals surface area (Å²) < 4.78 is 56.9. The Labute approximate surface area is 53.5 Å². The number of rotatable bonds is 1. The van der Waals surface area contributed by atoms with Crippen LogP contribution in [-0.4, -0.2) is 23.3 Å². The molecular weight excluding hydrogens is 159 g/mol. The molecule has 1 N–H and O–H groups in total. The fraction of sp³-hybridized carbons (Fsp3) is 1.00. The minimum atomic E-state index is -5.25. The van der Waals surface area contributed by atoms with Crippen LogP contribution in [0.1, 0.15) is 6.92 Å². The van der Waals surface area contributed by atoms with Gasteiger partial charge in [-0.05, 0) is 0 Å². The van der Waals surface area contributed by atoms with Gasteiger partial charge in [0.2, 0.25) is 6.10 Å². The number of alkyl halides is 5. The average Bonchev–Trinajstić information content (AvgIpc) is 1.59. The lowest BCUT2D eigenvalue weighted by molar-refractivity contribution is -0.264. The highest BCUT2D eigenvalue weighted by Crippen LogP contribution is 2.31. The molecular formula is C4H5F5O. The molecule has 0 fully saturated rings. The maximum Gasteiger partial charge on any atom is 0.420 e. The third kappa shape index (κ3) is 2.47. The zero-order valence-corrected chi connectivity index (χ0v) is 4.91. The summed E-state index contributed by atoms with van der Waals surface area (Å²) in [6.07, 6.45) is -8.82. The Hall–Kier alpha value is -0.390. The molecule has 1 atom stereocenters. The normalized spacial score (nSPS) is 17.1. The van der Waals surface area contributed by atoms with Crippen LogP contribution in [0.3, 0.4) is 0 Å². The van der Waals surface area contributed by atoms with Gasteiger partial charge in [-0.2, -0.15) is 13.2 Å². The van der Waals surface area contributed by atoms with Crippen LogP contribution in [0.4, 0.5) is 22.0 Å². The lowest BCUT2D eigenvalue weighted by atomic mass is 10.2. The molecule has 0 spiro atoms. The van der Waals surface area contributed by atoms with Crippen molar-refractivity contribution in [2.45, 2.75) is 25.1 Å². The monoisotopic (exact) mass is 164 g/mol. The smallest absolute Gasteiger partial charge is 0.379 e. The SMILES string of the molecule is CC(F)(F)[C@@H](O)C(F)(F)F. The van der Waals surface area contributed by atoms with Gasteiger partial charge in [0.05, 0.1) is 0 Å². The molecule has 0 unspecified atom stereocenters. The van der Waals surface area contributed by atoms with Gasteiger partial charge in [-0.3, -0.25) is 0 Å². The van der Waals surface area contributed by atoms with Crippen LogP contribution in [0.5, 0.6) is 0 Å². The number of hydrogen-bond donors (Lipinski definition) is 1. The predicted octanol–water partition coefficient (Wildman–Crippen LogP) is 1.56. The van der Waals surface area contributed by atoms with Crippen molar-refractivity contribution in [3.63, 3.8) is 0 Å². The zero-order chi connectivity index (χ0) is 8.58. The predicted molar refractivity (Wildman–Crippen MR) is 22.7 cm³/mol. The molecule has 0 saturated carbocycles. The first-order valence-electron chi connectivity index (χ1n) is 2.28. The summed E-state index contributed by atoms with van der Waals surface area (Å²) in [6, 6.07) is 0. The third-order valence-electron chi connectivity index (χ3n) is 0.790. The molecule has 0 aliphatic rings. The van der Waals surface area contributed by atoms with Crippen LogP contribution in [0, 0.1) is 0 Å². The third-order valence-corrected chi connectivity index (χ3v) is 0.790. The van der Waals surface area contributed by atoms with Gasteiger partial charge in [0.15, 0.2) is 0 Å². The lowest BCUT2D eigenvalue weighted by Gasteiger charge is -2.20. The summed E-state index contributed by atoms with van der Waals surface area (Å²) >= 11 is 0. The molecule has 0 aliphatic heterocycles. The Morgan fingerprint density at radius 1 is 1.10 bits per heavy atom. The molecule has 0 radical (unpaired) electrons. The lowest BCUT2D eigenvalue weighted by Crippen LogP contribution is -2.42. The van der Waals surface area contributed by atoms with Crippen LogP contribution >= 0.6 is 0 Å². The van der Waals surface area contributed by atoms with Crippen LogP contribution in [0.15, 0.2) is 0 Å². The topological polar surface area (TPSA) is 20.2 Å². The highest BCUT2D eigenvalue weighted by molar-refractivity contribution is 4.77. The van der Waals surface area contributed by atoms with E-state index in [0.29, 0.717) is 0 Å². The molecule has 0 rings (SSSR count). The molecule has 6 heteroatoms. The summed E-state index contributed by atoms with van der Waals surface area (Å²) in [4.78, 5) is 0. The van der Waals surface area contributed by atoms with E-state index >= 15 is 0 Å². The van der Waals surface area contributed by atoms with E-state index < -0.39 is 18.2 Å². The highest BCUT2D eigenvalue weighted by atomic mass is 19.4. The van der Waals surface area contributed by atoms with Gasteiger partial charge >= 0.3 is 6.18 Å². The number of hydrogen-bond acceptors (Lipinski definition) is 1. The summed E-state index contributed by atoms with van der Waals surface area (Å²) in [7, 11) is 0. The van der Waals surface area contributed by atoms with Crippen LogP contribution in [-0.2, 0) is 0 Å². The Morgan fingerprint density at radius 2 is 1.40 bits per heavy atom. The molecule has 62 valence electrons. The Kier molecular flexibility index (Phi) is 2.24. The number of aliphatic hydroxyl groups excluding tert-OH is 1. The first-order chi connectivity index (χ1) is 4.15. The van der Waals surface area contributed by atoms with Crippen molar-refractivity contribution in [3.05, 3.63) is 0 Å². The van der Waals surface area contributed by atoms with Gasteiger partial charge < -0.3 is 5.11 Å². The molecule has 10 heavy (non-hydrogen) atoms. The highest BCUT2D eigenvalue weighted by Gasteiger charge is 2.51. The first kappa shape index (κ1) is 9.61. The second kappa shape index (κ2) is 2.34. The second-order valence-electron chi connectivity index (χ2n) is 1.90. The fourth-order valence-electron chi connectivity index (χ4n) is 0.287. The standard InChI is InChI=1S/C4H5F5O/c1-3(5,6)2(10)4(7,8)9/h2,10H,1H3/t2-/m1/s1. The van der Waals surface area contributed by atoms with Crippen LogP contribution in [0.25, 0.3) is 0 Å². The molecule has 0 aromatic carbocycles. The minimum Gasteiger partial charge on any atom is -0.379 e. The van der Waals surface area contributed by atoms with E-state index in [2.05, 4.69) is 0 Å². The van der Waals surface area contributed by atoms with Crippen molar-refractivity contribution in [1.29, 1.82) is 0 Å². The van der Waals surface area contributed by atoms with Crippen LogP contribution in [0.2, 0.25) is 0 Å². The molecule has 1 nitrogen and oxygen atoms in total. The van der Waals surface area contributed by atoms with E-state index in [9.17, 15) is 22.0 Å². The zero-order valence-electron chi connectivity index (χ0n) is 4.91. The summed E-state index contributed by atoms with van der Waals surface area (Å²) in [5.74, 6) is -4.13. The molecule has 0 amide bonds. The van der Waals surface area contributed by atoms with E-state index in [1.54, 1.807) is 0 Å². The molecule has 0 saturated heterocycles. The van der Waals surface area contributed by atoms with E-state index in [4.69, 9.17) is 5.11 Å². The Bertz CT molecular complexity index is 97.8. The van der Waals surface area contributed by atoms with Gasteiger partial charge in [-0.15, -0.1) is 0 Å². The van der Waals surface area contributed by atoms with Crippen molar-refractivity contribution in [2.24, 2.45) is 0 Å². The maximum atomic E-state index is 11.6. The van der Waals surface area contributed by atoms with E-state index in [1.807, 2.05) is 0 Å². The van der Waals surface area contributed by atoms with Crippen LogP contribution < -0.4 is 0 Å². The largest absolute Gasteiger partial charge is 0.420 e.